The highest BCUT2D eigenvalue weighted by Gasteiger charge is 2.21. The standard InChI is InChI=1S/C8H17NSi/c1-8(2)10(3,4)7-5-6-9/h8H,6,9H2,1-4H3. The van der Waals surface area contributed by atoms with Gasteiger partial charge >= 0.3 is 0 Å². The van der Waals surface area contributed by atoms with Crippen molar-refractivity contribution in [2.24, 2.45) is 5.73 Å². The third-order valence-corrected chi connectivity index (χ3v) is 5.66. The molecule has 0 unspecified atom stereocenters. The Morgan fingerprint density at radius 2 is 1.90 bits per heavy atom. The van der Waals surface area contributed by atoms with Crippen molar-refractivity contribution >= 4 is 8.07 Å². The third-order valence-electron chi connectivity index (χ3n) is 1.96. The maximum absolute atomic E-state index is 5.28. The minimum atomic E-state index is -1.24. The monoisotopic (exact) mass is 155 g/mol. The second-order valence-corrected chi connectivity index (χ2v) is 8.23. The van der Waals surface area contributed by atoms with Crippen LogP contribution in [0.25, 0.3) is 0 Å². The Kier molecular flexibility index (Phi) is 3.70. The number of rotatable bonds is 1. The molecule has 0 aromatic rings. The molecule has 0 spiro atoms. The van der Waals surface area contributed by atoms with Crippen LogP contribution in [-0.4, -0.2) is 14.6 Å². The summed E-state index contributed by atoms with van der Waals surface area (Å²) < 4.78 is 0. The van der Waals surface area contributed by atoms with Gasteiger partial charge in [-0.25, -0.2) is 0 Å². The van der Waals surface area contributed by atoms with E-state index in [1.54, 1.807) is 0 Å². The fourth-order valence-corrected chi connectivity index (χ4v) is 1.27. The molecule has 58 valence electrons. The van der Waals surface area contributed by atoms with Gasteiger partial charge < -0.3 is 5.73 Å². The van der Waals surface area contributed by atoms with E-state index in [0.717, 1.165) is 5.54 Å². The van der Waals surface area contributed by atoms with Gasteiger partial charge in [0.25, 0.3) is 0 Å². The highest BCUT2D eigenvalue weighted by molar-refractivity contribution is 6.86. The second-order valence-electron chi connectivity index (χ2n) is 3.38. The van der Waals surface area contributed by atoms with Gasteiger partial charge in [-0.1, -0.05) is 32.9 Å². The molecule has 0 saturated carbocycles. The first-order chi connectivity index (χ1) is 4.50. The smallest absolute Gasteiger partial charge is 0.134 e. The maximum Gasteiger partial charge on any atom is 0.134 e. The maximum atomic E-state index is 5.28. The summed E-state index contributed by atoms with van der Waals surface area (Å²) in [5.41, 5.74) is 9.28. The molecular weight excluding hydrogens is 138 g/mol. The average molecular weight is 155 g/mol. The molecular formula is C8H17NSi. The zero-order valence-electron chi connectivity index (χ0n) is 7.36. The van der Waals surface area contributed by atoms with Gasteiger partial charge in [0.1, 0.15) is 8.07 Å². The molecule has 0 heterocycles. The van der Waals surface area contributed by atoms with Crippen molar-refractivity contribution < 1.29 is 0 Å². The quantitative estimate of drug-likeness (QED) is 0.452. The normalized spacial score (nSPS) is 11.0. The van der Waals surface area contributed by atoms with Gasteiger partial charge in [0, 0.05) is 0 Å². The van der Waals surface area contributed by atoms with E-state index >= 15 is 0 Å². The Bertz CT molecular complexity index is 150. The lowest BCUT2D eigenvalue weighted by molar-refractivity contribution is 1.02. The lowest BCUT2D eigenvalue weighted by Crippen LogP contribution is -2.27. The molecule has 0 amide bonds. The SMILES string of the molecule is CC(C)[Si](C)(C)C#CCN. The van der Waals surface area contributed by atoms with Crippen molar-refractivity contribution in [1.82, 2.24) is 0 Å². The van der Waals surface area contributed by atoms with E-state index in [-0.39, 0.29) is 0 Å². The van der Waals surface area contributed by atoms with Gasteiger partial charge in [0.05, 0.1) is 6.54 Å². The van der Waals surface area contributed by atoms with Crippen molar-refractivity contribution in [3.63, 3.8) is 0 Å². The first-order valence-electron chi connectivity index (χ1n) is 3.71. The minimum absolute atomic E-state index is 0.503. The molecule has 0 bridgehead atoms. The molecule has 0 fully saturated rings. The van der Waals surface area contributed by atoms with E-state index in [0.29, 0.717) is 6.54 Å². The lowest BCUT2D eigenvalue weighted by Gasteiger charge is -2.18. The summed E-state index contributed by atoms with van der Waals surface area (Å²) in [5, 5.41) is 0. The van der Waals surface area contributed by atoms with E-state index < -0.39 is 8.07 Å². The van der Waals surface area contributed by atoms with Crippen molar-refractivity contribution in [3.05, 3.63) is 0 Å². The minimum Gasteiger partial charge on any atom is -0.320 e. The molecule has 0 aromatic carbocycles. The van der Waals surface area contributed by atoms with E-state index in [9.17, 15) is 0 Å². The van der Waals surface area contributed by atoms with Gasteiger partial charge in [-0.2, -0.15) is 0 Å². The van der Waals surface area contributed by atoms with E-state index in [1.165, 1.54) is 0 Å². The molecule has 0 aliphatic carbocycles. The molecule has 0 rings (SSSR count). The summed E-state index contributed by atoms with van der Waals surface area (Å²) in [4.78, 5) is 0. The predicted octanol–water partition coefficient (Wildman–Crippen LogP) is 1.61. The van der Waals surface area contributed by atoms with Crippen LogP contribution in [0.2, 0.25) is 18.6 Å². The fraction of sp³-hybridized carbons (Fsp3) is 0.750. The molecule has 0 atom stereocenters. The summed E-state index contributed by atoms with van der Waals surface area (Å²) in [6.07, 6.45) is 0. The van der Waals surface area contributed by atoms with Crippen LogP contribution in [0.3, 0.4) is 0 Å². The van der Waals surface area contributed by atoms with Gasteiger partial charge in [-0.3, -0.25) is 0 Å². The van der Waals surface area contributed by atoms with Crippen LogP contribution >= 0.6 is 0 Å². The van der Waals surface area contributed by atoms with E-state index in [4.69, 9.17) is 5.73 Å². The Labute approximate surface area is 65.0 Å². The van der Waals surface area contributed by atoms with Crippen LogP contribution in [0, 0.1) is 11.5 Å². The van der Waals surface area contributed by atoms with E-state index in [1.807, 2.05) is 0 Å². The number of hydrogen-bond donors (Lipinski definition) is 1. The predicted molar refractivity (Wildman–Crippen MR) is 49.4 cm³/mol. The molecule has 0 radical (unpaired) electrons. The zero-order chi connectivity index (χ0) is 8.20. The molecule has 2 N–H and O–H groups in total. The largest absolute Gasteiger partial charge is 0.320 e. The first kappa shape index (κ1) is 9.74. The average Bonchev–Trinajstić information content (AvgIpc) is 1.84. The van der Waals surface area contributed by atoms with Gasteiger partial charge in [-0.05, 0) is 5.54 Å². The Morgan fingerprint density at radius 1 is 1.40 bits per heavy atom. The second kappa shape index (κ2) is 3.80. The Morgan fingerprint density at radius 3 is 2.20 bits per heavy atom. The van der Waals surface area contributed by atoms with Gasteiger partial charge in [0.15, 0.2) is 0 Å². The zero-order valence-corrected chi connectivity index (χ0v) is 8.36. The summed E-state index contributed by atoms with van der Waals surface area (Å²) >= 11 is 0. The Balaban J connectivity index is 4.12. The summed E-state index contributed by atoms with van der Waals surface area (Å²) in [6, 6.07) is 0. The van der Waals surface area contributed by atoms with Crippen LogP contribution in [0.15, 0.2) is 0 Å². The molecule has 0 aromatic heterocycles. The van der Waals surface area contributed by atoms with Crippen molar-refractivity contribution in [1.29, 1.82) is 0 Å². The summed E-state index contributed by atoms with van der Waals surface area (Å²) in [7, 11) is -1.24. The number of nitrogens with two attached hydrogens (primary N) is 1. The lowest BCUT2D eigenvalue weighted by atomic mass is 10.6. The van der Waals surface area contributed by atoms with Crippen molar-refractivity contribution in [2.45, 2.75) is 32.5 Å². The molecule has 0 saturated heterocycles. The number of hydrogen-bond acceptors (Lipinski definition) is 1. The van der Waals surface area contributed by atoms with E-state index in [2.05, 4.69) is 38.4 Å². The van der Waals surface area contributed by atoms with Crippen LogP contribution in [0.4, 0.5) is 0 Å². The summed E-state index contributed by atoms with van der Waals surface area (Å²) in [6.45, 7) is 9.53. The highest BCUT2D eigenvalue weighted by atomic mass is 28.3. The molecule has 10 heavy (non-hydrogen) atoms. The Hall–Kier alpha value is -0.263. The summed E-state index contributed by atoms with van der Waals surface area (Å²) in [5.74, 6) is 2.96. The molecule has 0 aliphatic heterocycles. The van der Waals surface area contributed by atoms with Crippen LogP contribution in [-0.2, 0) is 0 Å². The molecule has 1 nitrogen and oxygen atoms in total. The van der Waals surface area contributed by atoms with Crippen LogP contribution in [0.1, 0.15) is 13.8 Å². The topological polar surface area (TPSA) is 26.0 Å². The fourth-order valence-electron chi connectivity index (χ4n) is 0.423. The van der Waals surface area contributed by atoms with Crippen LogP contribution in [0.5, 0.6) is 0 Å². The molecule has 2 heteroatoms. The third kappa shape index (κ3) is 3.05. The van der Waals surface area contributed by atoms with Crippen LogP contribution < -0.4 is 5.73 Å². The van der Waals surface area contributed by atoms with Crippen molar-refractivity contribution in [2.75, 3.05) is 6.54 Å². The molecule has 0 aliphatic rings. The van der Waals surface area contributed by atoms with Crippen molar-refractivity contribution in [3.8, 4) is 11.5 Å². The van der Waals surface area contributed by atoms with Gasteiger partial charge in [-0.15, -0.1) is 5.54 Å². The highest BCUT2D eigenvalue weighted by Crippen LogP contribution is 2.18. The first-order valence-corrected chi connectivity index (χ1v) is 6.78. The van der Waals surface area contributed by atoms with Gasteiger partial charge in [0.2, 0.25) is 0 Å².